The number of nitrogens with one attached hydrogen (secondary N) is 1. The molecule has 2 aromatic carbocycles. The fourth-order valence-electron chi connectivity index (χ4n) is 5.69. The maximum atomic E-state index is 14.0. The summed E-state index contributed by atoms with van der Waals surface area (Å²) < 4.78 is 21.0. The molecule has 6 rings (SSSR count). The van der Waals surface area contributed by atoms with Gasteiger partial charge in [0.15, 0.2) is 11.6 Å². The molecule has 0 radical (unpaired) electrons. The predicted octanol–water partition coefficient (Wildman–Crippen LogP) is 5.84. The van der Waals surface area contributed by atoms with E-state index >= 15 is 0 Å². The van der Waals surface area contributed by atoms with E-state index in [1.807, 2.05) is 17.9 Å². The molecular weight excluding hydrogens is 535 g/mol. The Morgan fingerprint density at radius 2 is 1.81 bits per heavy atom. The Labute approximate surface area is 242 Å². The van der Waals surface area contributed by atoms with E-state index < -0.39 is 5.82 Å². The van der Waals surface area contributed by atoms with Crippen LogP contribution in [0.1, 0.15) is 58.4 Å². The first-order chi connectivity index (χ1) is 20.2. The van der Waals surface area contributed by atoms with Gasteiger partial charge < -0.3 is 20.4 Å². The molecule has 5 aromatic rings. The molecular formula is C32H31FN6O3. The smallest absolute Gasteiger partial charge is 0.219 e. The number of anilines is 1. The standard InChI is InChI=1S/C32H31FN6O3/c1-18-12-22-14-27(37-26(22)15-23(18)21-8-10-38(11-9-21)20(3)40)31(41)24-16-36-39(32(24)34)28-17-35-30(13-19(28)2)42-29-7-5-4-6-25(29)33/h4-7,12-17,21,37H,8-11,34H2,1-3H3. The highest BCUT2D eigenvalue weighted by atomic mass is 19.1. The predicted molar refractivity (Wildman–Crippen MR) is 158 cm³/mol. The number of halogens is 1. The number of nitrogen functional groups attached to an aromatic ring is 1. The minimum absolute atomic E-state index is 0.0719. The minimum Gasteiger partial charge on any atom is -0.436 e. The minimum atomic E-state index is -0.487. The molecule has 4 heterocycles. The number of hydrogen-bond donors (Lipinski definition) is 2. The zero-order valence-electron chi connectivity index (χ0n) is 23.6. The molecule has 3 aromatic heterocycles. The Kier molecular flexibility index (Phi) is 6.97. The maximum Gasteiger partial charge on any atom is 0.219 e. The van der Waals surface area contributed by atoms with Crippen LogP contribution in [-0.2, 0) is 4.79 Å². The monoisotopic (exact) mass is 566 g/mol. The number of carbonyl (C=O) groups excluding carboxylic acids is 2. The first kappa shape index (κ1) is 27.2. The van der Waals surface area contributed by atoms with E-state index in [0.717, 1.165) is 42.4 Å². The highest BCUT2D eigenvalue weighted by Crippen LogP contribution is 2.34. The number of nitrogens with two attached hydrogens (primary N) is 1. The number of H-pyrrole nitrogens is 1. The summed E-state index contributed by atoms with van der Waals surface area (Å²) in [5, 5.41) is 5.31. The van der Waals surface area contributed by atoms with Crippen molar-refractivity contribution in [2.45, 2.75) is 39.5 Å². The van der Waals surface area contributed by atoms with E-state index in [1.165, 1.54) is 40.3 Å². The quantitative estimate of drug-likeness (QED) is 0.250. The van der Waals surface area contributed by atoms with Crippen molar-refractivity contribution in [1.82, 2.24) is 24.6 Å². The number of ketones is 1. The molecule has 1 saturated heterocycles. The van der Waals surface area contributed by atoms with Crippen LogP contribution in [0.4, 0.5) is 10.2 Å². The number of benzene rings is 2. The number of piperidine rings is 1. The lowest BCUT2D eigenvalue weighted by atomic mass is 9.86. The molecule has 0 unspecified atom stereocenters. The van der Waals surface area contributed by atoms with Crippen molar-refractivity contribution in [3.8, 4) is 17.3 Å². The summed E-state index contributed by atoms with van der Waals surface area (Å²) in [6.07, 6.45) is 4.81. The number of aryl methyl sites for hydroxylation is 2. The summed E-state index contributed by atoms with van der Waals surface area (Å²) >= 11 is 0. The largest absolute Gasteiger partial charge is 0.436 e. The number of hydrogen-bond acceptors (Lipinski definition) is 6. The fourth-order valence-corrected chi connectivity index (χ4v) is 5.69. The van der Waals surface area contributed by atoms with Gasteiger partial charge in [-0.25, -0.2) is 14.1 Å². The number of likely N-dealkylation sites (tertiary alicyclic amines) is 1. The number of amides is 1. The average molecular weight is 567 g/mol. The summed E-state index contributed by atoms with van der Waals surface area (Å²) in [4.78, 5) is 34.7. The van der Waals surface area contributed by atoms with Gasteiger partial charge in [0.25, 0.3) is 0 Å². The Hall–Kier alpha value is -4.99. The highest BCUT2D eigenvalue weighted by molar-refractivity contribution is 6.12. The van der Waals surface area contributed by atoms with Crippen LogP contribution in [0, 0.1) is 19.7 Å². The summed E-state index contributed by atoms with van der Waals surface area (Å²) in [7, 11) is 0. The molecule has 1 fully saturated rings. The zero-order chi connectivity index (χ0) is 29.5. The average Bonchev–Trinajstić information content (AvgIpc) is 3.56. The van der Waals surface area contributed by atoms with Crippen LogP contribution in [0.15, 0.2) is 60.9 Å². The van der Waals surface area contributed by atoms with E-state index in [2.05, 4.69) is 34.1 Å². The first-order valence-corrected chi connectivity index (χ1v) is 13.9. The molecule has 9 nitrogen and oxygen atoms in total. The molecule has 42 heavy (non-hydrogen) atoms. The summed E-state index contributed by atoms with van der Waals surface area (Å²) in [5.74, 6) is 0.200. The van der Waals surface area contributed by atoms with Gasteiger partial charge in [-0.3, -0.25) is 9.59 Å². The highest BCUT2D eigenvalue weighted by Gasteiger charge is 2.25. The van der Waals surface area contributed by atoms with Gasteiger partial charge in [0.1, 0.15) is 5.82 Å². The van der Waals surface area contributed by atoms with Crippen molar-refractivity contribution in [3.05, 3.63) is 94.7 Å². The van der Waals surface area contributed by atoms with E-state index in [4.69, 9.17) is 10.5 Å². The number of aromatic amines is 1. The lowest BCUT2D eigenvalue weighted by Crippen LogP contribution is -2.36. The molecule has 3 N–H and O–H groups in total. The molecule has 0 aliphatic carbocycles. The zero-order valence-corrected chi connectivity index (χ0v) is 23.6. The third kappa shape index (κ3) is 5.00. The number of fused-ring (bicyclic) bond motifs is 1. The molecule has 214 valence electrons. The molecule has 1 aliphatic heterocycles. The third-order valence-corrected chi connectivity index (χ3v) is 8.02. The molecule has 0 atom stereocenters. The van der Waals surface area contributed by atoms with Crippen LogP contribution in [0.3, 0.4) is 0 Å². The molecule has 1 aliphatic rings. The molecule has 10 heteroatoms. The summed E-state index contributed by atoms with van der Waals surface area (Å²) in [6.45, 7) is 7.04. The van der Waals surface area contributed by atoms with Crippen LogP contribution in [-0.4, -0.2) is 49.4 Å². The second-order valence-electron chi connectivity index (χ2n) is 10.8. The number of ether oxygens (including phenoxy) is 1. The second kappa shape index (κ2) is 10.8. The maximum absolute atomic E-state index is 14.0. The Morgan fingerprint density at radius 1 is 1.05 bits per heavy atom. The molecule has 1 amide bonds. The van der Waals surface area contributed by atoms with Crippen LogP contribution in [0.5, 0.6) is 11.6 Å². The van der Waals surface area contributed by atoms with Gasteiger partial charge in [0, 0.05) is 37.0 Å². The normalized spacial score (nSPS) is 14.0. The van der Waals surface area contributed by atoms with Crippen LogP contribution < -0.4 is 10.5 Å². The number of aromatic nitrogens is 4. The van der Waals surface area contributed by atoms with Gasteiger partial charge in [0.05, 0.1) is 29.3 Å². The molecule has 0 spiro atoms. The van der Waals surface area contributed by atoms with Crippen molar-refractivity contribution in [2.24, 2.45) is 0 Å². The van der Waals surface area contributed by atoms with Crippen molar-refractivity contribution >= 4 is 28.4 Å². The SMILES string of the molecule is CC(=O)N1CCC(c2cc3[nH]c(C(=O)c4cnn(-c5cnc(Oc6ccccc6F)cc5C)c4N)cc3cc2C)CC1. The molecule has 0 saturated carbocycles. The van der Waals surface area contributed by atoms with Crippen molar-refractivity contribution in [1.29, 1.82) is 0 Å². The van der Waals surface area contributed by atoms with Crippen molar-refractivity contribution in [2.75, 3.05) is 18.8 Å². The van der Waals surface area contributed by atoms with Gasteiger partial charge >= 0.3 is 0 Å². The van der Waals surface area contributed by atoms with Crippen LogP contribution in [0.25, 0.3) is 16.6 Å². The van der Waals surface area contributed by atoms with E-state index in [1.54, 1.807) is 25.1 Å². The van der Waals surface area contributed by atoms with Gasteiger partial charge in [-0.1, -0.05) is 12.1 Å². The molecule has 0 bridgehead atoms. The number of nitrogens with zero attached hydrogens (tertiary/aromatic N) is 4. The topological polar surface area (TPSA) is 119 Å². The van der Waals surface area contributed by atoms with Crippen molar-refractivity contribution in [3.63, 3.8) is 0 Å². The van der Waals surface area contributed by atoms with E-state index in [-0.39, 0.29) is 34.7 Å². The Balaban J connectivity index is 1.23. The van der Waals surface area contributed by atoms with Crippen LogP contribution >= 0.6 is 0 Å². The van der Waals surface area contributed by atoms with Gasteiger partial charge in [-0.2, -0.15) is 5.10 Å². The van der Waals surface area contributed by atoms with Gasteiger partial charge in [-0.15, -0.1) is 0 Å². The fraction of sp³-hybridized carbons (Fsp3) is 0.250. The number of carbonyl (C=O) groups is 2. The number of pyridine rings is 1. The number of rotatable bonds is 6. The van der Waals surface area contributed by atoms with Gasteiger partial charge in [0.2, 0.25) is 17.6 Å². The summed E-state index contributed by atoms with van der Waals surface area (Å²) in [6, 6.07) is 13.8. The van der Waals surface area contributed by atoms with E-state index in [9.17, 15) is 14.0 Å². The second-order valence-corrected chi connectivity index (χ2v) is 10.8. The number of para-hydroxylation sites is 1. The first-order valence-electron chi connectivity index (χ1n) is 13.9. The van der Waals surface area contributed by atoms with Crippen LogP contribution in [0.2, 0.25) is 0 Å². The van der Waals surface area contributed by atoms with E-state index in [0.29, 0.717) is 17.3 Å². The summed E-state index contributed by atoms with van der Waals surface area (Å²) in [5.41, 5.74) is 11.7. The lowest BCUT2D eigenvalue weighted by molar-refractivity contribution is -0.129. The third-order valence-electron chi connectivity index (χ3n) is 8.02. The Bertz CT molecular complexity index is 1830. The lowest BCUT2D eigenvalue weighted by Gasteiger charge is -2.32. The Morgan fingerprint density at radius 3 is 2.52 bits per heavy atom. The van der Waals surface area contributed by atoms with Crippen molar-refractivity contribution < 1.29 is 18.7 Å². The van der Waals surface area contributed by atoms with Gasteiger partial charge in [-0.05, 0) is 79.6 Å².